The number of halogens is 8. The molecular formula is C29H28F8N6O5S. The van der Waals surface area contributed by atoms with Crippen molar-refractivity contribution in [1.29, 1.82) is 0 Å². The monoisotopic (exact) mass is 724 g/mol. The minimum Gasteiger partial charge on any atom is -0.475 e. The zero-order valence-electron chi connectivity index (χ0n) is 25.0. The zero-order valence-corrected chi connectivity index (χ0v) is 25.9. The lowest BCUT2D eigenvalue weighted by Crippen LogP contribution is -2.43. The lowest BCUT2D eigenvalue weighted by atomic mass is 10.0. The maximum absolute atomic E-state index is 13.1. The number of nitrogens with two attached hydrogens (primary N) is 1. The van der Waals surface area contributed by atoms with Crippen molar-refractivity contribution in [2.45, 2.75) is 25.3 Å². The van der Waals surface area contributed by atoms with Gasteiger partial charge >= 0.3 is 30.0 Å². The highest BCUT2D eigenvalue weighted by Gasteiger charge is 2.38. The highest BCUT2D eigenvalue weighted by atomic mass is 32.1. The van der Waals surface area contributed by atoms with Gasteiger partial charge in [0.2, 0.25) is 0 Å². The molecule has 3 heterocycles. The maximum Gasteiger partial charge on any atom is 0.490 e. The molecule has 0 radical (unpaired) electrons. The first-order valence-electron chi connectivity index (χ1n) is 14.0. The Kier molecular flexibility index (Phi) is 13.0. The predicted molar refractivity (Wildman–Crippen MR) is 164 cm³/mol. The van der Waals surface area contributed by atoms with Gasteiger partial charge in [0, 0.05) is 60.0 Å². The Morgan fingerprint density at radius 1 is 0.898 bits per heavy atom. The summed E-state index contributed by atoms with van der Waals surface area (Å²) in [6.07, 6.45) is -12.2. The molecule has 5 rings (SSSR count). The average Bonchev–Trinajstić information content (AvgIpc) is 3.61. The molecule has 1 saturated heterocycles. The lowest BCUT2D eigenvalue weighted by Gasteiger charge is -2.29. The number of aromatic nitrogens is 3. The third-order valence-corrected chi connectivity index (χ3v) is 7.87. The van der Waals surface area contributed by atoms with Gasteiger partial charge in [0.15, 0.2) is 0 Å². The second-order valence-electron chi connectivity index (χ2n) is 10.1. The van der Waals surface area contributed by atoms with Gasteiger partial charge in [-0.25, -0.2) is 19.5 Å². The van der Waals surface area contributed by atoms with Gasteiger partial charge in [0.05, 0.1) is 6.54 Å². The van der Waals surface area contributed by atoms with E-state index < -0.39 is 36.1 Å². The van der Waals surface area contributed by atoms with E-state index in [1.807, 2.05) is 6.07 Å². The number of piperazine rings is 1. The molecule has 49 heavy (non-hydrogen) atoms. The molecule has 0 aliphatic carbocycles. The molecule has 11 nitrogen and oxygen atoms in total. The van der Waals surface area contributed by atoms with Crippen molar-refractivity contribution in [2.75, 3.05) is 37.6 Å². The van der Waals surface area contributed by atoms with Crippen LogP contribution in [0.25, 0.3) is 21.2 Å². The molecule has 4 aromatic rings. The molecule has 1 aliphatic rings. The average molecular weight is 725 g/mol. The molecule has 0 spiro atoms. The van der Waals surface area contributed by atoms with Crippen LogP contribution in [0.15, 0.2) is 65.0 Å². The Balaban J connectivity index is 0.000000392. The number of nitrogens with zero attached hydrogens (tertiary/aromatic N) is 3. The van der Waals surface area contributed by atoms with Gasteiger partial charge < -0.3 is 26.2 Å². The summed E-state index contributed by atoms with van der Waals surface area (Å²) in [5.41, 5.74) is 8.25. The van der Waals surface area contributed by atoms with Gasteiger partial charge in [-0.15, -0.1) is 11.3 Å². The molecular weight excluding hydrogens is 696 g/mol. The second kappa shape index (κ2) is 16.5. The molecule has 1 fully saturated rings. The summed E-state index contributed by atoms with van der Waals surface area (Å²) in [5.74, 6) is -5.27. The quantitative estimate of drug-likeness (QED) is 0.168. The van der Waals surface area contributed by atoms with Crippen molar-refractivity contribution < 1.29 is 54.9 Å². The summed E-state index contributed by atoms with van der Waals surface area (Å²) in [5, 5.41) is 25.0. The highest BCUT2D eigenvalue weighted by Crippen LogP contribution is 2.32. The van der Waals surface area contributed by atoms with Crippen molar-refractivity contribution in [3.63, 3.8) is 0 Å². The predicted octanol–water partition coefficient (Wildman–Crippen LogP) is 4.83. The van der Waals surface area contributed by atoms with Gasteiger partial charge in [-0.2, -0.15) is 40.2 Å². The number of alkyl halides is 6. The SMILES string of the molecule is NCC(Cc1n[nH]c(=O)n1Cc1cc2cc(-c3ccc(N4CCNCC4)cc3)ccc2s1)=C(F)F.O=C(O)C(F)(F)F.O=C(O)C(F)(F)F. The minimum atomic E-state index is -5.08. The number of hydrogen-bond acceptors (Lipinski definition) is 8. The molecule has 2 aromatic carbocycles. The summed E-state index contributed by atoms with van der Waals surface area (Å²) in [6, 6.07) is 17.0. The topological polar surface area (TPSA) is 167 Å². The van der Waals surface area contributed by atoms with E-state index in [1.165, 1.54) is 10.3 Å². The molecule has 0 atom stereocenters. The highest BCUT2D eigenvalue weighted by molar-refractivity contribution is 7.19. The Labute approximate surface area is 275 Å². The first-order chi connectivity index (χ1) is 22.9. The van der Waals surface area contributed by atoms with Gasteiger partial charge in [0.25, 0.3) is 6.08 Å². The smallest absolute Gasteiger partial charge is 0.475 e. The van der Waals surface area contributed by atoms with Crippen molar-refractivity contribution in [3.8, 4) is 11.1 Å². The van der Waals surface area contributed by atoms with E-state index in [2.05, 4.69) is 62.9 Å². The summed E-state index contributed by atoms with van der Waals surface area (Å²) in [7, 11) is 0. The largest absolute Gasteiger partial charge is 0.490 e. The first kappa shape index (κ1) is 38.6. The fourth-order valence-electron chi connectivity index (χ4n) is 4.35. The van der Waals surface area contributed by atoms with Crippen LogP contribution in [0.3, 0.4) is 0 Å². The summed E-state index contributed by atoms with van der Waals surface area (Å²) >= 11 is 1.57. The van der Waals surface area contributed by atoms with E-state index in [-0.39, 0.29) is 30.9 Å². The van der Waals surface area contributed by atoms with Crippen molar-refractivity contribution in [2.24, 2.45) is 5.73 Å². The number of nitrogens with one attached hydrogen (secondary N) is 2. The molecule has 1 aliphatic heterocycles. The summed E-state index contributed by atoms with van der Waals surface area (Å²) in [4.78, 5) is 33.4. The second-order valence-corrected chi connectivity index (χ2v) is 11.3. The summed E-state index contributed by atoms with van der Waals surface area (Å²) < 4.78 is 92.1. The third kappa shape index (κ3) is 11.1. The molecule has 0 bridgehead atoms. The van der Waals surface area contributed by atoms with Crippen LogP contribution in [0, 0.1) is 0 Å². The molecule has 0 amide bonds. The summed E-state index contributed by atoms with van der Waals surface area (Å²) in [6.45, 7) is 4.00. The Bertz CT molecular complexity index is 1800. The Morgan fingerprint density at radius 2 is 1.45 bits per heavy atom. The van der Waals surface area contributed by atoms with Crippen LogP contribution >= 0.6 is 11.3 Å². The number of thiophene rings is 1. The van der Waals surface area contributed by atoms with Crippen LogP contribution in [0.2, 0.25) is 0 Å². The number of carboxylic acids is 2. The number of H-pyrrole nitrogens is 1. The molecule has 0 saturated carbocycles. The standard InChI is InChI=1S/C25H26F2N6OS.2C2HF3O2/c26-24(27)19(14-28)13-23-30-31-25(34)33(23)15-21-12-18-11-17(3-6-22(18)35-21)16-1-4-20(5-2-16)32-9-7-29-8-10-32;2*3-2(4,5)1(6)7/h1-6,11-12,29H,7-10,13-15,28H2,(H,31,34);2*(H,6,7). The minimum absolute atomic E-state index is 0.170. The fourth-order valence-corrected chi connectivity index (χ4v) is 5.39. The van der Waals surface area contributed by atoms with E-state index in [9.17, 15) is 39.9 Å². The number of hydrogen-bond donors (Lipinski definition) is 5. The lowest BCUT2D eigenvalue weighted by molar-refractivity contribution is -0.193. The number of rotatable bonds is 7. The number of anilines is 1. The zero-order chi connectivity index (χ0) is 36.5. The molecule has 6 N–H and O–H groups in total. The van der Waals surface area contributed by atoms with Crippen LogP contribution in [-0.2, 0) is 22.6 Å². The van der Waals surface area contributed by atoms with Crippen LogP contribution in [0.1, 0.15) is 10.7 Å². The van der Waals surface area contributed by atoms with Crippen molar-refractivity contribution in [1.82, 2.24) is 20.1 Å². The number of fused-ring (bicyclic) bond motifs is 1. The molecule has 266 valence electrons. The normalized spacial score (nSPS) is 13.2. The van der Waals surface area contributed by atoms with Crippen molar-refractivity contribution in [3.05, 3.63) is 81.4 Å². The number of benzene rings is 2. The van der Waals surface area contributed by atoms with Gasteiger partial charge in [-0.3, -0.25) is 4.57 Å². The van der Waals surface area contributed by atoms with Crippen LogP contribution in [0.4, 0.5) is 40.8 Å². The number of carboxylic acid groups (broad SMARTS) is 2. The Morgan fingerprint density at radius 3 is 1.96 bits per heavy atom. The number of aromatic amines is 1. The van der Waals surface area contributed by atoms with Crippen LogP contribution < -0.4 is 21.6 Å². The third-order valence-electron chi connectivity index (χ3n) is 6.77. The number of carbonyl (C=O) groups is 2. The van der Waals surface area contributed by atoms with Crippen molar-refractivity contribution >= 4 is 39.0 Å². The van der Waals surface area contributed by atoms with E-state index in [0.29, 0.717) is 0 Å². The number of aliphatic carboxylic acids is 2. The molecule has 20 heteroatoms. The van der Waals surface area contributed by atoms with E-state index in [0.717, 1.165) is 52.3 Å². The van der Waals surface area contributed by atoms with Crippen LogP contribution in [-0.4, -0.2) is 82.0 Å². The fraction of sp³-hybridized carbons (Fsp3) is 0.310. The maximum atomic E-state index is 13.1. The Hall–Kier alpha value is -4.82. The molecule has 0 unspecified atom stereocenters. The van der Waals surface area contributed by atoms with Crippen LogP contribution in [0.5, 0.6) is 0 Å². The van der Waals surface area contributed by atoms with Gasteiger partial charge in [-0.05, 0) is 46.8 Å². The van der Waals surface area contributed by atoms with E-state index >= 15 is 0 Å². The van der Waals surface area contributed by atoms with Gasteiger partial charge in [0.1, 0.15) is 5.82 Å². The van der Waals surface area contributed by atoms with E-state index in [1.54, 1.807) is 11.3 Å². The molecule has 2 aromatic heterocycles. The van der Waals surface area contributed by atoms with E-state index in [4.69, 9.17) is 25.5 Å². The first-order valence-corrected chi connectivity index (χ1v) is 14.8. The van der Waals surface area contributed by atoms with Gasteiger partial charge in [-0.1, -0.05) is 18.2 Å².